The van der Waals surface area contributed by atoms with E-state index < -0.39 is 0 Å². The van der Waals surface area contributed by atoms with Gasteiger partial charge >= 0.3 is 0 Å². The first-order valence-electron chi connectivity index (χ1n) is 10.1. The van der Waals surface area contributed by atoms with Gasteiger partial charge in [0.1, 0.15) is 11.5 Å². The fourth-order valence-corrected chi connectivity index (χ4v) is 2.72. The molecule has 0 bridgehead atoms. The molecular formula is C22H30N6O2. The number of oxazole rings is 1. The van der Waals surface area contributed by atoms with Crippen molar-refractivity contribution < 1.29 is 9.15 Å². The highest BCUT2D eigenvalue weighted by Crippen LogP contribution is 2.22. The molecule has 0 spiro atoms. The monoisotopic (exact) mass is 410 g/mol. The van der Waals surface area contributed by atoms with Gasteiger partial charge in [-0.2, -0.15) is 5.10 Å². The van der Waals surface area contributed by atoms with Crippen LogP contribution < -0.4 is 15.4 Å². The minimum Gasteiger partial charge on any atom is -0.497 e. The molecule has 3 rings (SSSR count). The number of hydrogen-bond acceptors (Lipinski definition) is 5. The molecule has 0 saturated carbocycles. The summed E-state index contributed by atoms with van der Waals surface area (Å²) in [6.07, 6.45) is 3.71. The van der Waals surface area contributed by atoms with Gasteiger partial charge in [-0.15, -0.1) is 0 Å². The molecule has 0 aliphatic carbocycles. The number of nitrogens with one attached hydrogen (secondary N) is 2. The summed E-state index contributed by atoms with van der Waals surface area (Å²) in [4.78, 5) is 8.96. The van der Waals surface area contributed by atoms with Gasteiger partial charge in [0, 0.05) is 18.2 Å². The lowest BCUT2D eigenvalue weighted by molar-refractivity contribution is 0.379. The third-order valence-corrected chi connectivity index (χ3v) is 4.42. The molecule has 30 heavy (non-hydrogen) atoms. The third-order valence-electron chi connectivity index (χ3n) is 4.42. The minimum atomic E-state index is -0.0629. The first-order valence-corrected chi connectivity index (χ1v) is 10.1. The Hall–Kier alpha value is -3.29. The second-order valence-electron chi connectivity index (χ2n) is 7.87. The molecule has 0 radical (unpaired) electrons. The summed E-state index contributed by atoms with van der Waals surface area (Å²) in [6, 6.07) is 9.71. The van der Waals surface area contributed by atoms with Gasteiger partial charge < -0.3 is 19.8 Å². The number of benzene rings is 1. The van der Waals surface area contributed by atoms with Crippen LogP contribution in [-0.2, 0) is 18.5 Å². The molecule has 0 fully saturated rings. The van der Waals surface area contributed by atoms with Gasteiger partial charge in [-0.1, -0.05) is 20.8 Å². The average molecular weight is 411 g/mol. The Kier molecular flexibility index (Phi) is 6.76. The molecule has 0 aliphatic heterocycles. The Bertz CT molecular complexity index is 966. The summed E-state index contributed by atoms with van der Waals surface area (Å²) >= 11 is 0. The van der Waals surface area contributed by atoms with E-state index in [2.05, 4.69) is 46.5 Å². The van der Waals surface area contributed by atoms with E-state index in [1.807, 2.05) is 48.1 Å². The Morgan fingerprint density at radius 3 is 2.57 bits per heavy atom. The van der Waals surface area contributed by atoms with Crippen molar-refractivity contribution in [1.29, 1.82) is 0 Å². The van der Waals surface area contributed by atoms with Gasteiger partial charge in [0.2, 0.25) is 5.89 Å². The van der Waals surface area contributed by atoms with Crippen molar-refractivity contribution in [2.45, 2.75) is 46.2 Å². The second-order valence-corrected chi connectivity index (χ2v) is 7.87. The molecule has 3 aromatic rings. The predicted octanol–water partition coefficient (Wildman–Crippen LogP) is 3.42. The predicted molar refractivity (Wildman–Crippen MR) is 117 cm³/mol. The van der Waals surface area contributed by atoms with Gasteiger partial charge in [0.25, 0.3) is 0 Å². The molecule has 0 aliphatic rings. The summed E-state index contributed by atoms with van der Waals surface area (Å²) < 4.78 is 12.9. The van der Waals surface area contributed by atoms with E-state index >= 15 is 0 Å². The summed E-state index contributed by atoms with van der Waals surface area (Å²) in [7, 11) is 1.65. The van der Waals surface area contributed by atoms with Crippen LogP contribution in [-0.4, -0.2) is 34.4 Å². The molecule has 8 heteroatoms. The van der Waals surface area contributed by atoms with E-state index in [9.17, 15) is 0 Å². The molecule has 0 saturated heterocycles. The second kappa shape index (κ2) is 9.47. The van der Waals surface area contributed by atoms with Gasteiger partial charge in [-0.25, -0.2) is 14.7 Å². The maximum atomic E-state index is 5.83. The number of nitrogens with zero attached hydrogens (tertiary/aromatic N) is 4. The van der Waals surface area contributed by atoms with E-state index in [4.69, 9.17) is 9.15 Å². The SMILES string of the molecule is CCNC(=NCc1ccn(-c2ccc(OC)cc2)n1)NCc1ncc(C(C)(C)C)o1. The van der Waals surface area contributed by atoms with Crippen molar-refractivity contribution in [1.82, 2.24) is 25.4 Å². The molecule has 160 valence electrons. The summed E-state index contributed by atoms with van der Waals surface area (Å²) in [6.45, 7) is 9.99. The van der Waals surface area contributed by atoms with Crippen LogP contribution in [0.15, 0.2) is 52.1 Å². The zero-order chi connectivity index (χ0) is 21.6. The van der Waals surface area contributed by atoms with Crippen molar-refractivity contribution in [2.24, 2.45) is 4.99 Å². The normalized spacial score (nSPS) is 12.1. The molecule has 8 nitrogen and oxygen atoms in total. The number of methoxy groups -OCH3 is 1. The summed E-state index contributed by atoms with van der Waals surface area (Å²) in [5, 5.41) is 11.1. The molecule has 0 amide bonds. The van der Waals surface area contributed by atoms with Crippen LogP contribution in [0.4, 0.5) is 0 Å². The number of guanidine groups is 1. The van der Waals surface area contributed by atoms with Crippen LogP contribution in [0.25, 0.3) is 5.69 Å². The topological polar surface area (TPSA) is 89.5 Å². The average Bonchev–Trinajstić information content (AvgIpc) is 3.40. The summed E-state index contributed by atoms with van der Waals surface area (Å²) in [5.74, 6) is 3.00. The maximum absolute atomic E-state index is 5.83. The Labute approximate surface area is 177 Å². The van der Waals surface area contributed by atoms with E-state index in [1.54, 1.807) is 13.3 Å². The largest absolute Gasteiger partial charge is 0.497 e. The van der Waals surface area contributed by atoms with Crippen molar-refractivity contribution in [3.63, 3.8) is 0 Å². The number of hydrogen-bond donors (Lipinski definition) is 2. The van der Waals surface area contributed by atoms with Crippen molar-refractivity contribution >= 4 is 5.96 Å². The summed E-state index contributed by atoms with van der Waals surface area (Å²) in [5.41, 5.74) is 1.77. The number of rotatable bonds is 7. The number of aromatic nitrogens is 3. The smallest absolute Gasteiger partial charge is 0.213 e. The number of ether oxygens (including phenoxy) is 1. The van der Waals surface area contributed by atoms with Crippen LogP contribution in [0, 0.1) is 0 Å². The van der Waals surface area contributed by atoms with E-state index in [1.165, 1.54) is 0 Å². The van der Waals surface area contributed by atoms with Crippen LogP contribution in [0.5, 0.6) is 5.75 Å². The van der Waals surface area contributed by atoms with Gasteiger partial charge in [0.05, 0.1) is 37.8 Å². The Morgan fingerprint density at radius 1 is 1.17 bits per heavy atom. The van der Waals surface area contributed by atoms with Gasteiger partial charge in [0.15, 0.2) is 5.96 Å². The highest BCUT2D eigenvalue weighted by molar-refractivity contribution is 5.79. The van der Waals surface area contributed by atoms with E-state index in [0.717, 1.165) is 29.4 Å². The molecule has 2 aromatic heterocycles. The molecule has 2 N–H and O–H groups in total. The minimum absolute atomic E-state index is 0.0629. The zero-order valence-corrected chi connectivity index (χ0v) is 18.3. The van der Waals surface area contributed by atoms with Crippen LogP contribution in [0.2, 0.25) is 0 Å². The lowest BCUT2D eigenvalue weighted by Gasteiger charge is -2.13. The first-order chi connectivity index (χ1) is 14.4. The molecule has 2 heterocycles. The molecule has 0 atom stereocenters. The Balaban J connectivity index is 1.61. The third kappa shape index (κ3) is 5.62. The number of aliphatic imine (C=N–C) groups is 1. The fraction of sp³-hybridized carbons (Fsp3) is 0.409. The highest BCUT2D eigenvalue weighted by atomic mass is 16.5. The molecule has 0 unspecified atom stereocenters. The van der Waals surface area contributed by atoms with Crippen molar-refractivity contribution in [3.05, 3.63) is 60.1 Å². The quantitative estimate of drug-likeness (QED) is 0.458. The zero-order valence-electron chi connectivity index (χ0n) is 18.3. The first kappa shape index (κ1) is 21.4. The maximum Gasteiger partial charge on any atom is 0.213 e. The van der Waals surface area contributed by atoms with Crippen LogP contribution in [0.3, 0.4) is 0 Å². The lowest BCUT2D eigenvalue weighted by atomic mass is 9.94. The molecule has 1 aromatic carbocycles. The van der Waals surface area contributed by atoms with E-state index in [-0.39, 0.29) is 5.41 Å². The highest BCUT2D eigenvalue weighted by Gasteiger charge is 2.19. The van der Waals surface area contributed by atoms with Crippen LogP contribution >= 0.6 is 0 Å². The standard InChI is InChI=1S/C22H30N6O2/c1-6-23-21(26-15-20-24-14-19(30-20)22(2,3)4)25-13-16-11-12-28(27-16)17-7-9-18(29-5)10-8-17/h7-12,14H,6,13,15H2,1-5H3,(H2,23,25,26). The lowest BCUT2D eigenvalue weighted by Crippen LogP contribution is -2.36. The van der Waals surface area contributed by atoms with Crippen molar-refractivity contribution in [3.8, 4) is 11.4 Å². The Morgan fingerprint density at radius 2 is 1.93 bits per heavy atom. The van der Waals surface area contributed by atoms with E-state index in [0.29, 0.717) is 24.9 Å². The van der Waals surface area contributed by atoms with Crippen LogP contribution in [0.1, 0.15) is 45.0 Å². The fourth-order valence-electron chi connectivity index (χ4n) is 2.72. The van der Waals surface area contributed by atoms with Gasteiger partial charge in [-0.3, -0.25) is 0 Å². The van der Waals surface area contributed by atoms with Crippen molar-refractivity contribution in [2.75, 3.05) is 13.7 Å². The molecular weight excluding hydrogens is 380 g/mol. The van der Waals surface area contributed by atoms with Gasteiger partial charge in [-0.05, 0) is 37.3 Å².